The number of aromatic nitrogens is 3. The van der Waals surface area contributed by atoms with E-state index in [1.165, 1.54) is 23.9 Å². The lowest BCUT2D eigenvalue weighted by Gasteiger charge is -1.98. The molecular weight excluding hydrogens is 316 g/mol. The van der Waals surface area contributed by atoms with Gasteiger partial charge in [0.1, 0.15) is 5.78 Å². The third-order valence-electron chi connectivity index (χ3n) is 3.13. The molecule has 2 aromatic heterocycles. The smallest absolute Gasteiger partial charge is 0.271 e. The summed E-state index contributed by atoms with van der Waals surface area (Å²) in [5.74, 6) is 0.304. The van der Waals surface area contributed by atoms with Crippen LogP contribution in [-0.2, 0) is 11.2 Å². The van der Waals surface area contributed by atoms with Crippen molar-refractivity contribution in [2.45, 2.75) is 11.6 Å². The minimum absolute atomic E-state index is 0.00364. The van der Waals surface area contributed by atoms with Crippen molar-refractivity contribution in [1.82, 2.24) is 15.0 Å². The van der Waals surface area contributed by atoms with E-state index in [0.717, 1.165) is 5.69 Å². The van der Waals surface area contributed by atoms with Crippen molar-refractivity contribution in [3.05, 3.63) is 58.4 Å². The Balaban J connectivity index is 1.65. The van der Waals surface area contributed by atoms with Gasteiger partial charge in [0.05, 0.1) is 21.7 Å². The molecule has 2 heterocycles. The number of carbonyl (C=O) groups excluding carboxylic acids is 1. The molecule has 3 aromatic rings. The summed E-state index contributed by atoms with van der Waals surface area (Å²) in [7, 11) is 0. The molecule has 0 aliphatic carbocycles. The largest absolute Gasteiger partial charge is 0.333 e. The molecule has 0 saturated carbocycles. The van der Waals surface area contributed by atoms with Gasteiger partial charge in [-0.2, -0.15) is 0 Å². The summed E-state index contributed by atoms with van der Waals surface area (Å²) < 4.78 is 0. The number of non-ortho nitro benzene ring substituents is 1. The fourth-order valence-corrected chi connectivity index (χ4v) is 2.81. The molecule has 0 amide bonds. The summed E-state index contributed by atoms with van der Waals surface area (Å²) >= 11 is 1.27. The Kier molecular flexibility index (Phi) is 4.33. The number of thioether (sulfide) groups is 1. The van der Waals surface area contributed by atoms with Crippen molar-refractivity contribution in [3.63, 3.8) is 0 Å². The van der Waals surface area contributed by atoms with Gasteiger partial charge in [0.25, 0.3) is 5.69 Å². The molecule has 116 valence electrons. The maximum absolute atomic E-state index is 12.0. The number of imidazole rings is 1. The molecule has 0 atom stereocenters. The molecular formula is C15H12N4O3S. The van der Waals surface area contributed by atoms with E-state index in [9.17, 15) is 14.9 Å². The lowest BCUT2D eigenvalue weighted by Crippen LogP contribution is -2.06. The number of fused-ring (bicyclic) bond motifs is 1. The molecule has 0 aliphatic rings. The second-order valence-electron chi connectivity index (χ2n) is 4.83. The highest BCUT2D eigenvalue weighted by molar-refractivity contribution is 7.99. The molecule has 8 heteroatoms. The molecule has 0 radical (unpaired) electrons. The summed E-state index contributed by atoms with van der Waals surface area (Å²) in [6.45, 7) is 0. The predicted octanol–water partition coefficient (Wildman–Crippen LogP) is 2.77. The highest BCUT2D eigenvalue weighted by atomic mass is 32.2. The van der Waals surface area contributed by atoms with Gasteiger partial charge in [-0.15, -0.1) is 0 Å². The number of benzene rings is 1. The number of hydrogen-bond donors (Lipinski definition) is 1. The Morgan fingerprint density at radius 3 is 2.91 bits per heavy atom. The van der Waals surface area contributed by atoms with Crippen LogP contribution in [0, 0.1) is 10.1 Å². The van der Waals surface area contributed by atoms with Crippen molar-refractivity contribution in [3.8, 4) is 0 Å². The molecule has 23 heavy (non-hydrogen) atoms. The van der Waals surface area contributed by atoms with Crippen LogP contribution >= 0.6 is 11.8 Å². The normalized spacial score (nSPS) is 10.8. The fourth-order valence-electron chi connectivity index (χ4n) is 2.06. The van der Waals surface area contributed by atoms with E-state index >= 15 is 0 Å². The van der Waals surface area contributed by atoms with Crippen molar-refractivity contribution < 1.29 is 9.72 Å². The van der Waals surface area contributed by atoms with Gasteiger partial charge in [0, 0.05) is 30.4 Å². The molecule has 0 spiro atoms. The number of nitro benzene ring substituents is 1. The van der Waals surface area contributed by atoms with Gasteiger partial charge in [-0.25, -0.2) is 4.98 Å². The number of ketones is 1. The summed E-state index contributed by atoms with van der Waals surface area (Å²) in [5, 5.41) is 11.3. The molecule has 0 unspecified atom stereocenters. The molecule has 0 saturated heterocycles. The Bertz CT molecular complexity index is 864. The van der Waals surface area contributed by atoms with Gasteiger partial charge in [-0.3, -0.25) is 19.9 Å². The van der Waals surface area contributed by atoms with Crippen molar-refractivity contribution >= 4 is 34.3 Å². The molecule has 0 fully saturated rings. The maximum atomic E-state index is 12.0. The molecule has 1 N–H and O–H groups in total. The van der Waals surface area contributed by atoms with E-state index in [0.29, 0.717) is 16.2 Å². The zero-order valence-electron chi connectivity index (χ0n) is 11.9. The number of nitro groups is 1. The van der Waals surface area contributed by atoms with Gasteiger partial charge in [-0.1, -0.05) is 17.8 Å². The fraction of sp³-hybridized carbons (Fsp3) is 0.133. The number of carbonyl (C=O) groups is 1. The van der Waals surface area contributed by atoms with E-state index in [4.69, 9.17) is 0 Å². The topological polar surface area (TPSA) is 102 Å². The predicted molar refractivity (Wildman–Crippen MR) is 86.4 cm³/mol. The Labute approximate surface area is 135 Å². The monoisotopic (exact) mass is 328 g/mol. The maximum Gasteiger partial charge on any atom is 0.271 e. The quantitative estimate of drug-likeness (QED) is 0.424. The Morgan fingerprint density at radius 1 is 1.30 bits per heavy atom. The van der Waals surface area contributed by atoms with Crippen LogP contribution in [0.1, 0.15) is 5.69 Å². The Morgan fingerprint density at radius 2 is 2.17 bits per heavy atom. The molecule has 0 bridgehead atoms. The standard InChI is InChI=1S/C15H12N4O3S/c20-12(7-10-3-1-2-6-16-10)9-23-15-17-13-5-4-11(19(21)22)8-14(13)18-15/h1-6,8H,7,9H2,(H,17,18). The average Bonchev–Trinajstić information content (AvgIpc) is 2.96. The summed E-state index contributed by atoms with van der Waals surface area (Å²) in [5.41, 5.74) is 1.96. The van der Waals surface area contributed by atoms with Crippen LogP contribution in [-0.4, -0.2) is 31.4 Å². The third kappa shape index (κ3) is 3.72. The minimum atomic E-state index is -0.455. The highest BCUT2D eigenvalue weighted by Crippen LogP contribution is 2.23. The van der Waals surface area contributed by atoms with Gasteiger partial charge < -0.3 is 4.98 Å². The number of H-pyrrole nitrogens is 1. The van der Waals surface area contributed by atoms with Crippen LogP contribution in [0.25, 0.3) is 11.0 Å². The summed E-state index contributed by atoms with van der Waals surface area (Å²) in [4.78, 5) is 33.7. The zero-order chi connectivity index (χ0) is 16.2. The van der Waals surface area contributed by atoms with Crippen LogP contribution in [0.2, 0.25) is 0 Å². The van der Waals surface area contributed by atoms with Gasteiger partial charge in [0.2, 0.25) is 0 Å². The first kappa shape index (κ1) is 15.2. The number of nitrogens with zero attached hydrogens (tertiary/aromatic N) is 3. The van der Waals surface area contributed by atoms with Gasteiger partial charge in [-0.05, 0) is 18.2 Å². The summed E-state index contributed by atoms with van der Waals surface area (Å²) in [6.07, 6.45) is 1.93. The number of rotatable bonds is 6. The van der Waals surface area contributed by atoms with Crippen molar-refractivity contribution in [2.75, 3.05) is 5.75 Å². The first-order valence-corrected chi connectivity index (χ1v) is 7.79. The van der Waals surface area contributed by atoms with Crippen LogP contribution < -0.4 is 0 Å². The Hall–Kier alpha value is -2.74. The molecule has 0 aliphatic heterocycles. The lowest BCUT2D eigenvalue weighted by atomic mass is 10.2. The minimum Gasteiger partial charge on any atom is -0.333 e. The number of hydrogen-bond acceptors (Lipinski definition) is 6. The number of Topliss-reactive ketones (excluding diaryl/α,β-unsaturated/α-hetero) is 1. The second-order valence-corrected chi connectivity index (χ2v) is 5.79. The van der Waals surface area contributed by atoms with E-state index in [1.54, 1.807) is 18.3 Å². The summed E-state index contributed by atoms with van der Waals surface area (Å²) in [6, 6.07) is 9.88. The number of aromatic amines is 1. The van der Waals surface area contributed by atoms with Crippen molar-refractivity contribution in [1.29, 1.82) is 0 Å². The van der Waals surface area contributed by atoms with E-state index in [2.05, 4.69) is 15.0 Å². The van der Waals surface area contributed by atoms with E-state index < -0.39 is 4.92 Å². The molecule has 7 nitrogen and oxygen atoms in total. The second kappa shape index (κ2) is 6.57. The van der Waals surface area contributed by atoms with Crippen LogP contribution in [0.15, 0.2) is 47.8 Å². The van der Waals surface area contributed by atoms with Gasteiger partial charge in [0.15, 0.2) is 5.16 Å². The van der Waals surface area contributed by atoms with Crippen molar-refractivity contribution in [2.24, 2.45) is 0 Å². The highest BCUT2D eigenvalue weighted by Gasteiger charge is 2.11. The number of nitrogens with one attached hydrogen (secondary N) is 1. The van der Waals surface area contributed by atoms with E-state index in [1.807, 2.05) is 12.1 Å². The van der Waals surface area contributed by atoms with Crippen LogP contribution in [0.5, 0.6) is 0 Å². The average molecular weight is 328 g/mol. The SMILES string of the molecule is O=C(CSc1nc2ccc([N+](=O)[O-])cc2[nH]1)Cc1ccccn1. The molecule has 3 rings (SSSR count). The van der Waals surface area contributed by atoms with Crippen LogP contribution in [0.3, 0.4) is 0 Å². The number of pyridine rings is 1. The lowest BCUT2D eigenvalue weighted by molar-refractivity contribution is -0.384. The first-order valence-electron chi connectivity index (χ1n) is 6.80. The van der Waals surface area contributed by atoms with Gasteiger partial charge >= 0.3 is 0 Å². The van der Waals surface area contributed by atoms with E-state index in [-0.39, 0.29) is 23.6 Å². The first-order chi connectivity index (χ1) is 11.1. The molecule has 1 aromatic carbocycles. The van der Waals surface area contributed by atoms with Crippen LogP contribution in [0.4, 0.5) is 5.69 Å². The zero-order valence-corrected chi connectivity index (χ0v) is 12.7. The third-order valence-corrected chi connectivity index (χ3v) is 4.06.